The Labute approximate surface area is 140 Å². The summed E-state index contributed by atoms with van der Waals surface area (Å²) in [5.41, 5.74) is 5.01. The molecule has 0 atom stereocenters. The standard InChI is InChI=1S/C21H23NSi/c1-23(2,3)19-13-14-22-21(16-19)20-12-8-7-11-18(20)15-17-9-5-4-6-10-17/h4-14,16H,15H2,1-3H3. The maximum Gasteiger partial charge on any atom is 0.0777 e. The van der Waals surface area contributed by atoms with Gasteiger partial charge in [0.2, 0.25) is 0 Å². The number of nitrogens with zero attached hydrogens (tertiary/aromatic N) is 1. The molecule has 0 spiro atoms. The maximum absolute atomic E-state index is 4.65. The van der Waals surface area contributed by atoms with E-state index < -0.39 is 8.07 Å². The van der Waals surface area contributed by atoms with Gasteiger partial charge in [0.15, 0.2) is 0 Å². The van der Waals surface area contributed by atoms with Gasteiger partial charge in [-0.1, -0.05) is 79.4 Å². The van der Waals surface area contributed by atoms with E-state index in [1.807, 2.05) is 6.20 Å². The first kappa shape index (κ1) is 15.7. The predicted molar refractivity (Wildman–Crippen MR) is 102 cm³/mol. The zero-order valence-electron chi connectivity index (χ0n) is 14.1. The Bertz CT molecular complexity index is 788. The zero-order valence-corrected chi connectivity index (χ0v) is 15.1. The Morgan fingerprint density at radius 2 is 1.52 bits per heavy atom. The Balaban J connectivity index is 2.01. The number of benzene rings is 2. The van der Waals surface area contributed by atoms with Crippen molar-refractivity contribution in [2.45, 2.75) is 26.1 Å². The fourth-order valence-electron chi connectivity index (χ4n) is 2.78. The summed E-state index contributed by atoms with van der Waals surface area (Å²) in [4.78, 5) is 4.65. The molecule has 2 heteroatoms. The molecule has 0 unspecified atom stereocenters. The first-order valence-electron chi connectivity index (χ1n) is 8.13. The number of pyridine rings is 1. The van der Waals surface area contributed by atoms with Gasteiger partial charge in [0.25, 0.3) is 0 Å². The van der Waals surface area contributed by atoms with E-state index >= 15 is 0 Å². The molecule has 0 bridgehead atoms. The van der Waals surface area contributed by atoms with Gasteiger partial charge in [0, 0.05) is 11.8 Å². The summed E-state index contributed by atoms with van der Waals surface area (Å²) in [7, 11) is -1.33. The monoisotopic (exact) mass is 317 g/mol. The van der Waals surface area contributed by atoms with Gasteiger partial charge in [-0.2, -0.15) is 0 Å². The van der Waals surface area contributed by atoms with E-state index in [2.05, 4.69) is 91.4 Å². The Hall–Kier alpha value is -2.19. The smallest absolute Gasteiger partial charge is 0.0777 e. The van der Waals surface area contributed by atoms with Crippen molar-refractivity contribution in [3.8, 4) is 11.3 Å². The van der Waals surface area contributed by atoms with Crippen LogP contribution in [0.5, 0.6) is 0 Å². The molecule has 2 aromatic carbocycles. The van der Waals surface area contributed by atoms with Crippen LogP contribution in [0.25, 0.3) is 11.3 Å². The molecule has 1 heterocycles. The lowest BCUT2D eigenvalue weighted by Gasteiger charge is -2.18. The second kappa shape index (κ2) is 6.51. The van der Waals surface area contributed by atoms with Crippen LogP contribution >= 0.6 is 0 Å². The molecule has 1 aromatic heterocycles. The minimum absolute atomic E-state index is 0.940. The third kappa shape index (κ3) is 3.77. The molecule has 3 aromatic rings. The summed E-state index contributed by atoms with van der Waals surface area (Å²) >= 11 is 0. The first-order chi connectivity index (χ1) is 11.0. The molecule has 23 heavy (non-hydrogen) atoms. The third-order valence-electron chi connectivity index (χ3n) is 4.16. The van der Waals surface area contributed by atoms with Crippen molar-refractivity contribution in [1.29, 1.82) is 0 Å². The molecule has 0 saturated heterocycles. The molecule has 116 valence electrons. The van der Waals surface area contributed by atoms with Crippen LogP contribution in [0.4, 0.5) is 0 Å². The van der Waals surface area contributed by atoms with E-state index in [0.29, 0.717) is 0 Å². The molecule has 0 amide bonds. The van der Waals surface area contributed by atoms with Crippen LogP contribution in [-0.4, -0.2) is 13.1 Å². The fourth-order valence-corrected chi connectivity index (χ4v) is 3.93. The van der Waals surface area contributed by atoms with Crippen LogP contribution in [0.2, 0.25) is 19.6 Å². The Kier molecular flexibility index (Phi) is 4.44. The molecule has 0 N–H and O–H groups in total. The van der Waals surface area contributed by atoms with Gasteiger partial charge in [-0.3, -0.25) is 4.98 Å². The summed E-state index contributed by atoms with van der Waals surface area (Å²) in [6.45, 7) is 7.13. The number of hydrogen-bond acceptors (Lipinski definition) is 1. The van der Waals surface area contributed by atoms with Gasteiger partial charge in [-0.05, 0) is 29.7 Å². The zero-order chi connectivity index (χ0) is 16.3. The van der Waals surface area contributed by atoms with E-state index in [1.54, 1.807) is 0 Å². The van der Waals surface area contributed by atoms with E-state index in [4.69, 9.17) is 0 Å². The Morgan fingerprint density at radius 1 is 0.826 bits per heavy atom. The highest BCUT2D eigenvalue weighted by molar-refractivity contribution is 6.88. The largest absolute Gasteiger partial charge is 0.256 e. The van der Waals surface area contributed by atoms with E-state index in [9.17, 15) is 0 Å². The summed E-state index contributed by atoms with van der Waals surface area (Å²) in [6.07, 6.45) is 2.90. The van der Waals surface area contributed by atoms with Gasteiger partial charge < -0.3 is 0 Å². The topological polar surface area (TPSA) is 12.9 Å². The van der Waals surface area contributed by atoms with Crippen LogP contribution < -0.4 is 5.19 Å². The van der Waals surface area contributed by atoms with Crippen LogP contribution in [0.15, 0.2) is 72.9 Å². The molecular weight excluding hydrogens is 294 g/mol. The Morgan fingerprint density at radius 3 is 2.26 bits per heavy atom. The molecule has 0 radical (unpaired) electrons. The number of aromatic nitrogens is 1. The number of rotatable bonds is 4. The average Bonchev–Trinajstić information content (AvgIpc) is 2.56. The summed E-state index contributed by atoms with van der Waals surface area (Å²) in [5, 5.41) is 1.46. The molecule has 0 aliphatic carbocycles. The van der Waals surface area contributed by atoms with Gasteiger partial charge >= 0.3 is 0 Å². The van der Waals surface area contributed by atoms with E-state index in [1.165, 1.54) is 21.9 Å². The molecule has 1 nitrogen and oxygen atoms in total. The molecule has 0 aliphatic rings. The second-order valence-electron chi connectivity index (χ2n) is 7.00. The van der Waals surface area contributed by atoms with Crippen LogP contribution in [0.3, 0.4) is 0 Å². The minimum Gasteiger partial charge on any atom is -0.256 e. The van der Waals surface area contributed by atoms with Crippen LogP contribution in [-0.2, 0) is 6.42 Å². The molecular formula is C21H23NSi. The lowest BCUT2D eigenvalue weighted by atomic mass is 9.97. The van der Waals surface area contributed by atoms with Gasteiger partial charge in [-0.25, -0.2) is 0 Å². The lowest BCUT2D eigenvalue weighted by molar-refractivity contribution is 1.18. The SMILES string of the molecule is C[Si](C)(C)c1ccnc(-c2ccccc2Cc2ccccc2)c1. The van der Waals surface area contributed by atoms with Crippen molar-refractivity contribution in [3.05, 3.63) is 84.1 Å². The van der Waals surface area contributed by atoms with Crippen molar-refractivity contribution in [2.75, 3.05) is 0 Å². The van der Waals surface area contributed by atoms with Crippen LogP contribution in [0, 0.1) is 0 Å². The fraction of sp³-hybridized carbons (Fsp3) is 0.190. The summed E-state index contributed by atoms with van der Waals surface area (Å²) in [6, 6.07) is 23.7. The van der Waals surface area contributed by atoms with Crippen molar-refractivity contribution in [2.24, 2.45) is 0 Å². The van der Waals surface area contributed by atoms with Gasteiger partial charge in [0.05, 0.1) is 13.8 Å². The van der Waals surface area contributed by atoms with Gasteiger partial charge in [0.1, 0.15) is 0 Å². The predicted octanol–water partition coefficient (Wildman–Crippen LogP) is 4.88. The average molecular weight is 318 g/mol. The van der Waals surface area contributed by atoms with Crippen LogP contribution in [0.1, 0.15) is 11.1 Å². The van der Waals surface area contributed by atoms with Gasteiger partial charge in [-0.15, -0.1) is 0 Å². The normalized spacial score (nSPS) is 11.4. The van der Waals surface area contributed by atoms with Crippen molar-refractivity contribution < 1.29 is 0 Å². The molecule has 0 fully saturated rings. The van der Waals surface area contributed by atoms with Crippen molar-refractivity contribution in [1.82, 2.24) is 4.98 Å². The molecule has 0 saturated carbocycles. The molecule has 3 rings (SSSR count). The summed E-state index contributed by atoms with van der Waals surface area (Å²) < 4.78 is 0. The second-order valence-corrected chi connectivity index (χ2v) is 12.1. The first-order valence-corrected chi connectivity index (χ1v) is 11.6. The maximum atomic E-state index is 4.65. The van der Waals surface area contributed by atoms with E-state index in [-0.39, 0.29) is 0 Å². The molecule has 0 aliphatic heterocycles. The van der Waals surface area contributed by atoms with E-state index in [0.717, 1.165) is 12.1 Å². The van der Waals surface area contributed by atoms with Crippen molar-refractivity contribution in [3.63, 3.8) is 0 Å². The summed E-state index contributed by atoms with van der Waals surface area (Å²) in [5.74, 6) is 0. The quantitative estimate of drug-likeness (QED) is 0.625. The highest BCUT2D eigenvalue weighted by Gasteiger charge is 2.17. The lowest BCUT2D eigenvalue weighted by Crippen LogP contribution is -2.37. The number of hydrogen-bond donors (Lipinski definition) is 0. The third-order valence-corrected chi connectivity index (χ3v) is 6.20. The minimum atomic E-state index is -1.33. The highest BCUT2D eigenvalue weighted by Crippen LogP contribution is 2.24. The van der Waals surface area contributed by atoms with Crippen molar-refractivity contribution >= 4 is 13.3 Å². The highest BCUT2D eigenvalue weighted by atomic mass is 28.3.